The van der Waals surface area contributed by atoms with E-state index in [4.69, 9.17) is 0 Å². The number of amides is 2. The fraction of sp³-hybridized carbons (Fsp3) is 0.542. The van der Waals surface area contributed by atoms with E-state index in [2.05, 4.69) is 58.4 Å². The summed E-state index contributed by atoms with van der Waals surface area (Å²) in [6, 6.07) is 10.2. The lowest BCUT2D eigenvalue weighted by molar-refractivity contribution is -0.144. The average Bonchev–Trinajstić information content (AvgIpc) is 3.14. The summed E-state index contributed by atoms with van der Waals surface area (Å²) in [6.45, 7) is 3.58. The summed E-state index contributed by atoms with van der Waals surface area (Å²) in [4.78, 5) is 23.5. The predicted octanol–water partition coefficient (Wildman–Crippen LogP) is 4.97. The second kappa shape index (κ2) is 8.93. The van der Waals surface area contributed by atoms with E-state index in [1.807, 2.05) is 6.07 Å². The predicted molar refractivity (Wildman–Crippen MR) is 120 cm³/mol. The third-order valence-corrected chi connectivity index (χ3v) is 7.20. The van der Waals surface area contributed by atoms with Gasteiger partial charge in [-0.15, -0.1) is 0 Å². The molecule has 1 spiro atoms. The van der Waals surface area contributed by atoms with Gasteiger partial charge in [-0.3, -0.25) is 9.80 Å². The number of hydrogen-bond donors (Lipinski definition) is 1. The summed E-state index contributed by atoms with van der Waals surface area (Å²) >= 11 is 0. The number of hydrogen-bond acceptors (Lipinski definition) is 4. The lowest BCUT2D eigenvalue weighted by Gasteiger charge is -2.50. The SMILES string of the molecule is CCCCN(C)C1(c2ccccc2)CCC2(CC1)CN(c1cnc(C(F)(F)F)nc1)C(=O)N2. The van der Waals surface area contributed by atoms with Gasteiger partial charge in [-0.05, 0) is 51.3 Å². The van der Waals surface area contributed by atoms with Gasteiger partial charge in [-0.1, -0.05) is 43.7 Å². The number of carbonyl (C=O) groups excluding carboxylic acids is 1. The maximum atomic E-state index is 12.8. The molecule has 178 valence electrons. The molecule has 0 atom stereocenters. The van der Waals surface area contributed by atoms with Crippen LogP contribution in [0.5, 0.6) is 0 Å². The maximum absolute atomic E-state index is 12.8. The van der Waals surface area contributed by atoms with E-state index in [0.29, 0.717) is 6.54 Å². The first-order valence-corrected chi connectivity index (χ1v) is 11.4. The number of halogens is 3. The molecule has 1 aromatic carbocycles. The number of carbonyl (C=O) groups is 1. The molecule has 2 fully saturated rings. The van der Waals surface area contributed by atoms with Crippen LogP contribution in [-0.2, 0) is 11.7 Å². The summed E-state index contributed by atoms with van der Waals surface area (Å²) < 4.78 is 38.4. The van der Waals surface area contributed by atoms with Gasteiger partial charge in [-0.2, -0.15) is 13.2 Å². The van der Waals surface area contributed by atoms with Gasteiger partial charge in [0.05, 0.1) is 30.2 Å². The molecule has 2 amide bonds. The zero-order valence-corrected chi connectivity index (χ0v) is 19.0. The first kappa shape index (κ1) is 23.5. The zero-order chi connectivity index (χ0) is 23.7. The Morgan fingerprint density at radius 2 is 1.73 bits per heavy atom. The Labute approximate surface area is 192 Å². The Morgan fingerprint density at radius 3 is 2.30 bits per heavy atom. The Bertz CT molecular complexity index is 956. The third-order valence-electron chi connectivity index (χ3n) is 7.20. The molecule has 1 aliphatic heterocycles. The van der Waals surface area contributed by atoms with E-state index < -0.39 is 17.5 Å². The van der Waals surface area contributed by atoms with Crippen molar-refractivity contribution in [3.8, 4) is 0 Å². The summed E-state index contributed by atoms with van der Waals surface area (Å²) in [5, 5.41) is 3.12. The van der Waals surface area contributed by atoms with Gasteiger partial charge >= 0.3 is 12.2 Å². The molecule has 2 aliphatic rings. The Kier molecular flexibility index (Phi) is 6.35. The van der Waals surface area contributed by atoms with Gasteiger partial charge in [-0.25, -0.2) is 14.8 Å². The second-order valence-corrected chi connectivity index (χ2v) is 9.23. The molecule has 1 saturated carbocycles. The number of alkyl halides is 3. The third kappa shape index (κ3) is 4.55. The van der Waals surface area contributed by atoms with Crippen molar-refractivity contribution in [2.75, 3.05) is 25.0 Å². The van der Waals surface area contributed by atoms with E-state index in [9.17, 15) is 18.0 Å². The molecule has 2 aromatic rings. The average molecular weight is 462 g/mol. The molecule has 1 N–H and O–H groups in total. The van der Waals surface area contributed by atoms with Crippen molar-refractivity contribution in [2.45, 2.75) is 62.7 Å². The summed E-state index contributed by atoms with van der Waals surface area (Å²) in [5.74, 6) is -1.21. The molecule has 9 heteroatoms. The van der Waals surface area contributed by atoms with Crippen LogP contribution in [0, 0.1) is 0 Å². The van der Waals surface area contributed by atoms with Crippen molar-refractivity contribution in [1.82, 2.24) is 20.2 Å². The number of benzene rings is 1. The minimum Gasteiger partial charge on any atom is -0.330 e. The number of nitrogens with one attached hydrogen (secondary N) is 1. The van der Waals surface area contributed by atoms with E-state index in [-0.39, 0.29) is 17.3 Å². The molecule has 1 saturated heterocycles. The van der Waals surface area contributed by atoms with Crippen LogP contribution in [0.1, 0.15) is 56.8 Å². The number of anilines is 1. The molecule has 1 aliphatic carbocycles. The lowest BCUT2D eigenvalue weighted by atomic mass is 9.68. The van der Waals surface area contributed by atoms with Crippen molar-refractivity contribution in [3.05, 3.63) is 54.1 Å². The van der Waals surface area contributed by atoms with E-state index in [1.54, 1.807) is 0 Å². The minimum absolute atomic E-state index is 0.0999. The molecule has 0 radical (unpaired) electrons. The zero-order valence-electron chi connectivity index (χ0n) is 19.0. The second-order valence-electron chi connectivity index (χ2n) is 9.23. The van der Waals surface area contributed by atoms with Crippen LogP contribution in [0.15, 0.2) is 42.7 Å². The fourth-order valence-electron chi connectivity index (χ4n) is 5.20. The number of nitrogens with zero attached hydrogens (tertiary/aromatic N) is 4. The van der Waals surface area contributed by atoms with Gasteiger partial charge in [0, 0.05) is 5.54 Å². The monoisotopic (exact) mass is 461 g/mol. The largest absolute Gasteiger partial charge is 0.451 e. The highest BCUT2D eigenvalue weighted by Gasteiger charge is 2.51. The number of urea groups is 1. The number of rotatable bonds is 6. The molecule has 1 aromatic heterocycles. The highest BCUT2D eigenvalue weighted by atomic mass is 19.4. The van der Waals surface area contributed by atoms with Gasteiger partial charge < -0.3 is 5.32 Å². The summed E-state index contributed by atoms with van der Waals surface area (Å²) in [7, 11) is 2.18. The topological polar surface area (TPSA) is 61.4 Å². The summed E-state index contributed by atoms with van der Waals surface area (Å²) in [6.07, 6.45) is 3.11. The van der Waals surface area contributed by atoms with E-state index in [0.717, 1.165) is 57.5 Å². The van der Waals surface area contributed by atoms with E-state index in [1.165, 1.54) is 10.5 Å². The van der Waals surface area contributed by atoms with Gasteiger partial charge in [0.25, 0.3) is 0 Å². The minimum atomic E-state index is -4.61. The number of unbranched alkanes of at least 4 members (excludes halogenated alkanes) is 1. The van der Waals surface area contributed by atoms with Gasteiger partial charge in [0.1, 0.15) is 0 Å². The van der Waals surface area contributed by atoms with Crippen molar-refractivity contribution >= 4 is 11.7 Å². The van der Waals surface area contributed by atoms with Crippen LogP contribution in [0.2, 0.25) is 0 Å². The molecule has 4 rings (SSSR count). The fourth-order valence-corrected chi connectivity index (χ4v) is 5.20. The molecular weight excluding hydrogens is 431 g/mol. The van der Waals surface area contributed by atoms with Crippen LogP contribution in [0.4, 0.5) is 23.7 Å². The van der Waals surface area contributed by atoms with Crippen LogP contribution >= 0.6 is 0 Å². The quantitative estimate of drug-likeness (QED) is 0.660. The highest BCUT2D eigenvalue weighted by molar-refractivity contribution is 5.95. The smallest absolute Gasteiger partial charge is 0.330 e. The molecule has 33 heavy (non-hydrogen) atoms. The van der Waals surface area contributed by atoms with Crippen LogP contribution < -0.4 is 10.2 Å². The molecule has 0 unspecified atom stereocenters. The Balaban J connectivity index is 1.52. The normalized spacial score (nSPS) is 25.6. The van der Waals surface area contributed by atoms with Crippen molar-refractivity contribution in [2.24, 2.45) is 0 Å². The maximum Gasteiger partial charge on any atom is 0.451 e. The Morgan fingerprint density at radius 1 is 1.09 bits per heavy atom. The van der Waals surface area contributed by atoms with E-state index >= 15 is 0 Å². The van der Waals surface area contributed by atoms with Gasteiger partial charge in [0.15, 0.2) is 0 Å². The van der Waals surface area contributed by atoms with Crippen LogP contribution in [0.25, 0.3) is 0 Å². The van der Waals surface area contributed by atoms with Crippen molar-refractivity contribution < 1.29 is 18.0 Å². The first-order chi connectivity index (χ1) is 15.7. The Hall–Kier alpha value is -2.68. The van der Waals surface area contributed by atoms with Crippen molar-refractivity contribution in [3.63, 3.8) is 0 Å². The molecule has 0 bridgehead atoms. The standard InChI is InChI=1S/C24H30F3N5O/c1-3-4-14-31(2)23(18-8-6-5-7-9-18)12-10-22(11-13-23)17-32(21(33)30-22)19-15-28-20(29-16-19)24(25,26)27/h5-9,15-16H,3-4,10-14,17H2,1-2H3,(H,30,33). The van der Waals surface area contributed by atoms with Crippen molar-refractivity contribution in [1.29, 1.82) is 0 Å². The molecule has 6 nitrogen and oxygen atoms in total. The van der Waals surface area contributed by atoms with Crippen LogP contribution in [0.3, 0.4) is 0 Å². The lowest BCUT2D eigenvalue weighted by Crippen LogP contribution is -2.55. The summed E-state index contributed by atoms with van der Waals surface area (Å²) in [5.41, 5.74) is 1.05. The van der Waals surface area contributed by atoms with Crippen LogP contribution in [-0.4, -0.2) is 46.6 Å². The van der Waals surface area contributed by atoms with Gasteiger partial charge in [0.2, 0.25) is 5.82 Å². The first-order valence-electron chi connectivity index (χ1n) is 11.4. The highest BCUT2D eigenvalue weighted by Crippen LogP contribution is 2.47. The molecular formula is C24H30F3N5O. The number of aromatic nitrogens is 2. The molecule has 2 heterocycles.